The molecule has 0 unspecified atom stereocenters. The van der Waals surface area contributed by atoms with E-state index in [1.807, 2.05) is 25.3 Å². The molecule has 2 aromatic rings. The molecule has 4 heteroatoms. The topological polar surface area (TPSA) is 25.4 Å². The lowest BCUT2D eigenvalue weighted by Gasteiger charge is -2.10. The van der Waals surface area contributed by atoms with Crippen LogP contribution in [0.25, 0.3) is 10.4 Å². The van der Waals surface area contributed by atoms with Gasteiger partial charge < -0.3 is 9.64 Å². The van der Waals surface area contributed by atoms with Crippen molar-refractivity contribution in [2.75, 3.05) is 27.2 Å². The third kappa shape index (κ3) is 4.62. The highest BCUT2D eigenvalue weighted by Gasteiger charge is 2.03. The molecule has 3 nitrogen and oxygen atoms in total. The Morgan fingerprint density at radius 3 is 2.80 bits per heavy atom. The summed E-state index contributed by atoms with van der Waals surface area (Å²) < 4.78 is 5.82. The molecule has 0 aliphatic heterocycles. The molecule has 1 aromatic heterocycles. The maximum Gasteiger partial charge on any atom is 0.119 e. The molecular weight excluding hydrogens is 268 g/mol. The Morgan fingerprint density at radius 2 is 2.10 bits per heavy atom. The number of aromatic nitrogens is 1. The summed E-state index contributed by atoms with van der Waals surface area (Å²) in [5, 5.41) is 1.09. The van der Waals surface area contributed by atoms with Gasteiger partial charge in [0.2, 0.25) is 0 Å². The number of hydrogen-bond donors (Lipinski definition) is 0. The highest BCUT2D eigenvalue weighted by Crippen LogP contribution is 2.28. The van der Waals surface area contributed by atoms with Gasteiger partial charge in [-0.1, -0.05) is 12.1 Å². The summed E-state index contributed by atoms with van der Waals surface area (Å²) in [5.74, 6) is 0.943. The Hall–Kier alpha value is -1.39. The summed E-state index contributed by atoms with van der Waals surface area (Å²) in [6.07, 6.45) is 4.18. The van der Waals surface area contributed by atoms with Gasteiger partial charge in [-0.15, -0.1) is 11.3 Å². The smallest absolute Gasteiger partial charge is 0.119 e. The van der Waals surface area contributed by atoms with Crippen LogP contribution in [0.3, 0.4) is 0 Å². The molecule has 0 aliphatic rings. The monoisotopic (exact) mass is 290 g/mol. The van der Waals surface area contributed by atoms with Gasteiger partial charge in [0.15, 0.2) is 0 Å². The quantitative estimate of drug-likeness (QED) is 0.724. The van der Waals surface area contributed by atoms with Crippen molar-refractivity contribution in [2.24, 2.45) is 0 Å². The molecule has 1 aromatic carbocycles. The van der Waals surface area contributed by atoms with Crippen LogP contribution in [0.5, 0.6) is 5.75 Å². The average Bonchev–Trinajstić information content (AvgIpc) is 2.85. The maximum atomic E-state index is 5.82. The van der Waals surface area contributed by atoms with Gasteiger partial charge in [-0.25, -0.2) is 4.98 Å². The molecule has 1 heterocycles. The van der Waals surface area contributed by atoms with Crippen molar-refractivity contribution in [2.45, 2.75) is 19.8 Å². The first-order chi connectivity index (χ1) is 9.65. The standard InChI is InChI=1S/C16H22N2OS/c1-13-17-12-16(20-13)14-7-6-8-15(11-14)19-10-5-4-9-18(2)3/h6-8,11-12H,4-5,9-10H2,1-3H3. The number of rotatable bonds is 7. The van der Waals surface area contributed by atoms with E-state index in [0.29, 0.717) is 0 Å². The first-order valence-corrected chi connectivity index (χ1v) is 7.77. The lowest BCUT2D eigenvalue weighted by molar-refractivity contribution is 0.293. The highest BCUT2D eigenvalue weighted by molar-refractivity contribution is 7.15. The van der Waals surface area contributed by atoms with Gasteiger partial charge in [-0.3, -0.25) is 0 Å². The normalized spacial score (nSPS) is 11.0. The van der Waals surface area contributed by atoms with Gasteiger partial charge in [0.05, 0.1) is 16.5 Å². The third-order valence-corrected chi connectivity index (χ3v) is 3.97. The van der Waals surface area contributed by atoms with E-state index >= 15 is 0 Å². The van der Waals surface area contributed by atoms with Crippen molar-refractivity contribution in [3.8, 4) is 16.2 Å². The van der Waals surface area contributed by atoms with Gasteiger partial charge in [0.25, 0.3) is 0 Å². The van der Waals surface area contributed by atoms with Crippen LogP contribution in [0.2, 0.25) is 0 Å². The third-order valence-electron chi connectivity index (χ3n) is 3.01. The van der Waals surface area contributed by atoms with E-state index in [1.54, 1.807) is 11.3 Å². The van der Waals surface area contributed by atoms with Crippen LogP contribution in [0.4, 0.5) is 0 Å². The van der Waals surface area contributed by atoms with E-state index in [2.05, 4.69) is 36.1 Å². The van der Waals surface area contributed by atoms with Crippen LogP contribution < -0.4 is 4.74 Å². The fourth-order valence-electron chi connectivity index (χ4n) is 1.95. The molecule has 0 aliphatic carbocycles. The molecule has 0 saturated carbocycles. The lowest BCUT2D eigenvalue weighted by atomic mass is 10.2. The number of nitrogens with zero attached hydrogens (tertiary/aromatic N) is 2. The van der Waals surface area contributed by atoms with Gasteiger partial charge in [0.1, 0.15) is 5.75 Å². The fourth-order valence-corrected chi connectivity index (χ4v) is 2.73. The summed E-state index contributed by atoms with van der Waals surface area (Å²) in [6, 6.07) is 8.26. The Morgan fingerprint density at radius 1 is 1.25 bits per heavy atom. The van der Waals surface area contributed by atoms with Gasteiger partial charge in [0, 0.05) is 6.20 Å². The maximum absolute atomic E-state index is 5.82. The number of hydrogen-bond acceptors (Lipinski definition) is 4. The largest absolute Gasteiger partial charge is 0.494 e. The summed E-state index contributed by atoms with van der Waals surface area (Å²) in [6.45, 7) is 3.92. The molecular formula is C16H22N2OS. The van der Waals surface area contributed by atoms with Crippen LogP contribution in [-0.2, 0) is 0 Å². The molecule has 0 amide bonds. The Kier molecular flexibility index (Phi) is 5.56. The number of unbranched alkanes of at least 4 members (excludes halogenated alkanes) is 1. The minimum atomic E-state index is 0.777. The number of ether oxygens (including phenoxy) is 1. The van der Waals surface area contributed by atoms with Crippen molar-refractivity contribution >= 4 is 11.3 Å². The van der Waals surface area contributed by atoms with Crippen molar-refractivity contribution in [3.63, 3.8) is 0 Å². The van der Waals surface area contributed by atoms with E-state index in [1.165, 1.54) is 16.9 Å². The van der Waals surface area contributed by atoms with E-state index < -0.39 is 0 Å². The molecule has 20 heavy (non-hydrogen) atoms. The first-order valence-electron chi connectivity index (χ1n) is 6.95. The Labute approximate surface area is 125 Å². The number of benzene rings is 1. The van der Waals surface area contributed by atoms with E-state index in [9.17, 15) is 0 Å². The molecule has 0 bridgehead atoms. The van der Waals surface area contributed by atoms with Crippen LogP contribution >= 0.6 is 11.3 Å². The summed E-state index contributed by atoms with van der Waals surface area (Å²) in [7, 11) is 4.20. The lowest BCUT2D eigenvalue weighted by Crippen LogP contribution is -2.13. The van der Waals surface area contributed by atoms with E-state index in [0.717, 1.165) is 30.3 Å². The molecule has 0 N–H and O–H groups in total. The predicted octanol–water partition coefficient (Wildman–Crippen LogP) is 3.84. The molecule has 108 valence electrons. The first kappa shape index (κ1) is 15.0. The molecule has 0 fully saturated rings. The van der Waals surface area contributed by atoms with Gasteiger partial charge >= 0.3 is 0 Å². The SMILES string of the molecule is Cc1ncc(-c2cccc(OCCCCN(C)C)c2)s1. The Bertz CT molecular complexity index is 537. The minimum absolute atomic E-state index is 0.777. The van der Waals surface area contributed by atoms with E-state index in [-0.39, 0.29) is 0 Å². The summed E-state index contributed by atoms with van der Waals surface area (Å²) in [4.78, 5) is 7.69. The van der Waals surface area contributed by atoms with E-state index in [4.69, 9.17) is 4.74 Å². The highest BCUT2D eigenvalue weighted by atomic mass is 32.1. The number of thiazole rings is 1. The molecule has 0 spiro atoms. The van der Waals surface area contributed by atoms with Crippen LogP contribution in [-0.4, -0.2) is 37.1 Å². The second kappa shape index (κ2) is 7.41. The zero-order valence-electron chi connectivity index (χ0n) is 12.4. The predicted molar refractivity (Wildman–Crippen MR) is 85.6 cm³/mol. The van der Waals surface area contributed by atoms with Crippen molar-refractivity contribution in [1.82, 2.24) is 9.88 Å². The minimum Gasteiger partial charge on any atom is -0.494 e. The zero-order valence-corrected chi connectivity index (χ0v) is 13.2. The van der Waals surface area contributed by atoms with Crippen molar-refractivity contribution in [3.05, 3.63) is 35.5 Å². The number of aryl methyl sites for hydroxylation is 1. The van der Waals surface area contributed by atoms with Crippen LogP contribution in [0.15, 0.2) is 30.5 Å². The molecule has 0 radical (unpaired) electrons. The van der Waals surface area contributed by atoms with Gasteiger partial charge in [-0.05, 0) is 58.1 Å². The van der Waals surface area contributed by atoms with Crippen molar-refractivity contribution < 1.29 is 4.74 Å². The summed E-state index contributed by atoms with van der Waals surface area (Å²) >= 11 is 1.71. The Balaban J connectivity index is 1.87. The van der Waals surface area contributed by atoms with Crippen molar-refractivity contribution in [1.29, 1.82) is 0 Å². The van der Waals surface area contributed by atoms with Gasteiger partial charge in [-0.2, -0.15) is 0 Å². The van der Waals surface area contributed by atoms with Crippen LogP contribution in [0, 0.1) is 6.92 Å². The molecule has 0 saturated heterocycles. The molecule has 0 atom stereocenters. The second-order valence-electron chi connectivity index (χ2n) is 5.13. The zero-order chi connectivity index (χ0) is 14.4. The van der Waals surface area contributed by atoms with Crippen LogP contribution in [0.1, 0.15) is 17.8 Å². The fraction of sp³-hybridized carbons (Fsp3) is 0.438. The summed E-state index contributed by atoms with van der Waals surface area (Å²) in [5.41, 5.74) is 1.18. The second-order valence-corrected chi connectivity index (χ2v) is 6.36. The average molecular weight is 290 g/mol. The molecule has 2 rings (SSSR count).